The topological polar surface area (TPSA) is 0 Å². The molecule has 0 aromatic heterocycles. The Balaban J connectivity index is 1.89. The van der Waals surface area contributed by atoms with Crippen molar-refractivity contribution in [3.8, 4) is 0 Å². The van der Waals surface area contributed by atoms with Crippen LogP contribution in [0.2, 0.25) is 0 Å². The first-order valence-corrected chi connectivity index (χ1v) is 7.46. The van der Waals surface area contributed by atoms with E-state index in [1.54, 1.807) is 25.7 Å². The Morgan fingerprint density at radius 1 is 0.882 bits per heavy atom. The van der Waals surface area contributed by atoms with Crippen LogP contribution >= 0.6 is 0 Å². The fourth-order valence-corrected chi connectivity index (χ4v) is 7.17. The molecule has 0 aromatic carbocycles. The summed E-state index contributed by atoms with van der Waals surface area (Å²) in [5.41, 5.74) is 2.76. The zero-order valence-electron chi connectivity index (χ0n) is 12.3. The quantitative estimate of drug-likeness (QED) is 0.610. The van der Waals surface area contributed by atoms with E-state index in [1.807, 2.05) is 0 Å². The Morgan fingerprint density at radius 3 is 2.24 bits per heavy atom. The third-order valence-electron chi connectivity index (χ3n) is 7.70. The largest absolute Gasteiger partial charge is 0.326 e. The molecule has 0 heterocycles. The number of nitrogens with zero attached hydrogens (tertiary/aromatic N) is 1. The van der Waals surface area contributed by atoms with Gasteiger partial charge in [-0.2, -0.15) is 0 Å². The Morgan fingerprint density at radius 2 is 1.59 bits per heavy atom. The summed E-state index contributed by atoms with van der Waals surface area (Å²) in [6, 6.07) is 0. The zero-order valence-corrected chi connectivity index (χ0v) is 12.3. The van der Waals surface area contributed by atoms with Gasteiger partial charge < -0.3 is 4.48 Å². The maximum absolute atomic E-state index is 2.62. The van der Waals surface area contributed by atoms with Gasteiger partial charge in [0, 0.05) is 19.3 Å². The van der Waals surface area contributed by atoms with Crippen LogP contribution in [0, 0.1) is 22.2 Å². The molecule has 5 atom stereocenters. The number of fused-ring (bicyclic) bond motifs is 2. The predicted octanol–water partition coefficient (Wildman–Crippen LogP) is 3.44. The molecule has 0 amide bonds. The molecule has 5 unspecified atom stereocenters. The molecule has 0 saturated heterocycles. The van der Waals surface area contributed by atoms with E-state index >= 15 is 0 Å². The maximum atomic E-state index is 2.62. The average Bonchev–Trinajstić information content (AvgIpc) is 2.38. The van der Waals surface area contributed by atoms with Crippen molar-refractivity contribution in [3.05, 3.63) is 0 Å². The predicted molar refractivity (Wildman–Crippen MR) is 70.6 cm³/mol. The smallest absolute Gasteiger partial charge is 0.100 e. The maximum Gasteiger partial charge on any atom is 0.100 e. The highest BCUT2D eigenvalue weighted by Gasteiger charge is 2.81. The summed E-state index contributed by atoms with van der Waals surface area (Å²) in [5.74, 6) is 1.09. The van der Waals surface area contributed by atoms with Crippen molar-refractivity contribution in [2.24, 2.45) is 22.2 Å². The summed E-state index contributed by atoms with van der Waals surface area (Å²) in [6.07, 6.45) is 9.20. The Bertz CT molecular complexity index is 404. The molecule has 4 aliphatic rings. The lowest BCUT2D eigenvalue weighted by molar-refractivity contribution is -0.926. The van der Waals surface area contributed by atoms with Crippen molar-refractivity contribution in [1.82, 2.24) is 0 Å². The summed E-state index contributed by atoms with van der Waals surface area (Å²) in [5, 5.41) is 0. The Hall–Kier alpha value is -0.0400. The molecular weight excluding hydrogens is 206 g/mol. The second-order valence-electron chi connectivity index (χ2n) is 9.58. The third-order valence-corrected chi connectivity index (χ3v) is 7.70. The summed E-state index contributed by atoms with van der Waals surface area (Å²) >= 11 is 0. The van der Waals surface area contributed by atoms with Crippen molar-refractivity contribution in [1.29, 1.82) is 0 Å². The van der Waals surface area contributed by atoms with Crippen molar-refractivity contribution in [2.45, 2.75) is 57.9 Å². The summed E-state index contributed by atoms with van der Waals surface area (Å²) in [7, 11) is 7.36. The summed E-state index contributed by atoms with van der Waals surface area (Å²) in [6.45, 7) is 5.22. The molecule has 17 heavy (non-hydrogen) atoms. The lowest BCUT2D eigenvalue weighted by Gasteiger charge is -2.57. The molecule has 0 aromatic rings. The van der Waals surface area contributed by atoms with Crippen LogP contribution in [0.3, 0.4) is 0 Å². The van der Waals surface area contributed by atoms with Gasteiger partial charge in [-0.15, -0.1) is 0 Å². The van der Waals surface area contributed by atoms with Gasteiger partial charge in [-0.1, -0.05) is 13.8 Å². The molecule has 4 saturated carbocycles. The van der Waals surface area contributed by atoms with Gasteiger partial charge in [-0.3, -0.25) is 0 Å². The third kappa shape index (κ3) is 0.926. The fraction of sp³-hybridized carbons (Fsp3) is 1.00. The van der Waals surface area contributed by atoms with E-state index in [4.69, 9.17) is 0 Å². The molecule has 1 spiro atoms. The van der Waals surface area contributed by atoms with Gasteiger partial charge in [0.1, 0.15) is 5.54 Å². The van der Waals surface area contributed by atoms with E-state index in [2.05, 4.69) is 35.0 Å². The second kappa shape index (κ2) is 2.35. The Kier molecular flexibility index (Phi) is 1.50. The number of hydrogen-bond donors (Lipinski definition) is 0. The number of quaternary nitrogens is 1. The molecule has 96 valence electrons. The minimum absolute atomic E-state index is 0.604. The minimum atomic E-state index is 0.604. The molecule has 0 radical (unpaired) electrons. The number of rotatable bonds is 1. The molecule has 3 bridgehead atoms. The van der Waals surface area contributed by atoms with E-state index in [0.29, 0.717) is 16.4 Å². The van der Waals surface area contributed by atoms with Crippen molar-refractivity contribution in [3.63, 3.8) is 0 Å². The fourth-order valence-electron chi connectivity index (χ4n) is 7.17. The lowest BCUT2D eigenvalue weighted by atomic mass is 9.47. The minimum Gasteiger partial charge on any atom is -0.326 e. The first-order valence-electron chi connectivity index (χ1n) is 7.46. The van der Waals surface area contributed by atoms with Crippen LogP contribution in [-0.4, -0.2) is 31.2 Å². The van der Waals surface area contributed by atoms with Gasteiger partial charge in [-0.25, -0.2) is 0 Å². The van der Waals surface area contributed by atoms with Gasteiger partial charge in [0.15, 0.2) is 0 Å². The molecular formula is C16H28N+. The first kappa shape index (κ1) is 10.8. The van der Waals surface area contributed by atoms with Crippen molar-refractivity contribution < 1.29 is 4.48 Å². The second-order valence-corrected chi connectivity index (χ2v) is 9.58. The number of hydrogen-bond acceptors (Lipinski definition) is 0. The Labute approximate surface area is 106 Å². The first-order chi connectivity index (χ1) is 7.64. The van der Waals surface area contributed by atoms with E-state index in [0.717, 1.165) is 11.3 Å². The highest BCUT2D eigenvalue weighted by Crippen LogP contribution is 2.85. The zero-order chi connectivity index (χ0) is 12.3. The van der Waals surface area contributed by atoms with Crippen LogP contribution < -0.4 is 0 Å². The van der Waals surface area contributed by atoms with Gasteiger partial charge >= 0.3 is 0 Å². The van der Waals surface area contributed by atoms with Crippen LogP contribution in [0.1, 0.15) is 52.4 Å². The van der Waals surface area contributed by atoms with E-state index in [1.165, 1.54) is 17.3 Å². The van der Waals surface area contributed by atoms with Crippen LogP contribution in [0.5, 0.6) is 0 Å². The molecule has 0 aliphatic heterocycles. The average molecular weight is 234 g/mol. The van der Waals surface area contributed by atoms with Crippen LogP contribution in [0.4, 0.5) is 0 Å². The van der Waals surface area contributed by atoms with Gasteiger partial charge in [0.2, 0.25) is 0 Å². The molecule has 4 fully saturated rings. The monoisotopic (exact) mass is 234 g/mol. The van der Waals surface area contributed by atoms with Crippen molar-refractivity contribution >= 4 is 0 Å². The molecule has 0 N–H and O–H groups in total. The molecule has 1 nitrogen and oxygen atoms in total. The molecule has 4 aliphatic carbocycles. The van der Waals surface area contributed by atoms with E-state index in [-0.39, 0.29) is 0 Å². The van der Waals surface area contributed by atoms with Crippen LogP contribution in [0.15, 0.2) is 0 Å². The lowest BCUT2D eigenvalue weighted by Crippen LogP contribution is -2.58. The summed E-state index contributed by atoms with van der Waals surface area (Å²) < 4.78 is 1.20. The SMILES string of the molecule is CC12CC3CC4(C)CC([N+](C)(C)C)(C1)CC34C2. The molecule has 1 heteroatoms. The summed E-state index contributed by atoms with van der Waals surface area (Å²) in [4.78, 5) is 0. The normalized spacial score (nSPS) is 63.7. The van der Waals surface area contributed by atoms with Gasteiger partial charge in [-0.05, 0) is 41.4 Å². The highest BCUT2D eigenvalue weighted by atomic mass is 15.4. The van der Waals surface area contributed by atoms with Crippen LogP contribution in [-0.2, 0) is 0 Å². The van der Waals surface area contributed by atoms with E-state index < -0.39 is 0 Å². The highest BCUT2D eigenvalue weighted by molar-refractivity contribution is 5.28. The van der Waals surface area contributed by atoms with Gasteiger partial charge in [0.05, 0.1) is 21.1 Å². The standard InChI is InChI=1S/C16H28N/c1-13-6-12-7-14(2)10-15(8-13,17(3,4)5)11-16(12,14)9-13/h12H,6-11H2,1-5H3/q+1. The van der Waals surface area contributed by atoms with Crippen LogP contribution in [0.25, 0.3) is 0 Å². The van der Waals surface area contributed by atoms with E-state index in [9.17, 15) is 0 Å². The van der Waals surface area contributed by atoms with Gasteiger partial charge in [0.25, 0.3) is 0 Å². The molecule has 4 rings (SSSR count). The van der Waals surface area contributed by atoms with Crippen molar-refractivity contribution in [2.75, 3.05) is 21.1 Å².